The van der Waals surface area contributed by atoms with Gasteiger partial charge in [-0.25, -0.2) is 14.8 Å². The molecule has 150 valence electrons. The van der Waals surface area contributed by atoms with Crippen molar-refractivity contribution in [3.05, 3.63) is 89.1 Å². The molecule has 0 amide bonds. The van der Waals surface area contributed by atoms with E-state index in [1.165, 1.54) is 6.20 Å². The maximum Gasteiger partial charge on any atom is 0.338 e. The molecule has 4 rings (SSSR count). The molecular weight excluding hydrogens is 404 g/mol. The van der Waals surface area contributed by atoms with Gasteiger partial charge in [-0.15, -0.1) is 0 Å². The van der Waals surface area contributed by atoms with Gasteiger partial charge in [0, 0.05) is 5.02 Å². The zero-order valence-electron chi connectivity index (χ0n) is 16.0. The maximum absolute atomic E-state index is 12.3. The van der Waals surface area contributed by atoms with E-state index in [4.69, 9.17) is 25.8 Å². The van der Waals surface area contributed by atoms with Gasteiger partial charge >= 0.3 is 5.97 Å². The highest BCUT2D eigenvalue weighted by Gasteiger charge is 2.09. The van der Waals surface area contributed by atoms with Crippen molar-refractivity contribution >= 4 is 28.6 Å². The Hall–Kier alpha value is -3.64. The molecule has 7 heteroatoms. The van der Waals surface area contributed by atoms with Gasteiger partial charge in [0.2, 0.25) is 5.88 Å². The summed E-state index contributed by atoms with van der Waals surface area (Å²) in [6, 6.07) is 19.2. The second-order valence-corrected chi connectivity index (χ2v) is 6.83. The maximum atomic E-state index is 12.3. The second kappa shape index (κ2) is 8.80. The molecule has 0 unspecified atom stereocenters. The summed E-state index contributed by atoms with van der Waals surface area (Å²) in [4.78, 5) is 21.0. The normalized spacial score (nSPS) is 10.6. The van der Waals surface area contributed by atoms with E-state index >= 15 is 0 Å². The molecule has 0 radical (unpaired) electrons. The van der Waals surface area contributed by atoms with Crippen LogP contribution < -0.4 is 9.47 Å². The third kappa shape index (κ3) is 4.67. The molecule has 0 aliphatic rings. The number of halogens is 1. The smallest absolute Gasteiger partial charge is 0.338 e. The summed E-state index contributed by atoms with van der Waals surface area (Å²) < 4.78 is 16.3. The highest BCUT2D eigenvalue weighted by molar-refractivity contribution is 6.31. The first kappa shape index (κ1) is 19.7. The molecule has 0 saturated heterocycles. The summed E-state index contributed by atoms with van der Waals surface area (Å²) >= 11 is 5.96. The molecule has 4 aromatic rings. The average molecular weight is 421 g/mol. The SMILES string of the molecule is COc1cccc(COC(=O)c2ccc(Oc3cnc4cc(Cl)ccc4n3)cc2)c1. The van der Waals surface area contributed by atoms with Crippen LogP contribution in [0.3, 0.4) is 0 Å². The Morgan fingerprint density at radius 1 is 0.967 bits per heavy atom. The third-order valence-corrected chi connectivity index (χ3v) is 4.53. The van der Waals surface area contributed by atoms with Gasteiger partial charge < -0.3 is 14.2 Å². The first-order valence-electron chi connectivity index (χ1n) is 9.11. The van der Waals surface area contributed by atoms with Crippen molar-refractivity contribution in [3.8, 4) is 17.4 Å². The molecule has 0 spiro atoms. The van der Waals surface area contributed by atoms with E-state index in [0.717, 1.165) is 5.56 Å². The zero-order valence-corrected chi connectivity index (χ0v) is 16.8. The summed E-state index contributed by atoms with van der Waals surface area (Å²) in [5.74, 6) is 1.16. The van der Waals surface area contributed by atoms with Crippen molar-refractivity contribution in [2.75, 3.05) is 7.11 Å². The molecule has 0 bridgehead atoms. The minimum atomic E-state index is -0.424. The molecule has 30 heavy (non-hydrogen) atoms. The summed E-state index contributed by atoms with van der Waals surface area (Å²) in [6.07, 6.45) is 1.52. The number of hydrogen-bond donors (Lipinski definition) is 0. The van der Waals surface area contributed by atoms with Crippen LogP contribution in [0.4, 0.5) is 0 Å². The van der Waals surface area contributed by atoms with Crippen molar-refractivity contribution in [1.29, 1.82) is 0 Å². The molecule has 3 aromatic carbocycles. The lowest BCUT2D eigenvalue weighted by atomic mass is 10.2. The van der Waals surface area contributed by atoms with Gasteiger partial charge in [0.05, 0.1) is 29.9 Å². The van der Waals surface area contributed by atoms with Crippen LogP contribution in [0.15, 0.2) is 72.9 Å². The van der Waals surface area contributed by atoms with E-state index in [9.17, 15) is 4.79 Å². The highest BCUT2D eigenvalue weighted by Crippen LogP contribution is 2.23. The van der Waals surface area contributed by atoms with Crippen LogP contribution in [-0.4, -0.2) is 23.0 Å². The number of fused-ring (bicyclic) bond motifs is 1. The Morgan fingerprint density at radius 2 is 1.80 bits per heavy atom. The van der Waals surface area contributed by atoms with E-state index < -0.39 is 5.97 Å². The number of ether oxygens (including phenoxy) is 3. The zero-order chi connectivity index (χ0) is 20.9. The number of aromatic nitrogens is 2. The fourth-order valence-electron chi connectivity index (χ4n) is 2.79. The lowest BCUT2D eigenvalue weighted by molar-refractivity contribution is 0.0472. The minimum absolute atomic E-state index is 0.158. The Balaban J connectivity index is 1.39. The Morgan fingerprint density at radius 3 is 2.60 bits per heavy atom. The third-order valence-electron chi connectivity index (χ3n) is 4.30. The van der Waals surface area contributed by atoms with E-state index in [0.29, 0.717) is 39.0 Å². The summed E-state index contributed by atoms with van der Waals surface area (Å²) in [5.41, 5.74) is 2.63. The van der Waals surface area contributed by atoms with Crippen LogP contribution in [-0.2, 0) is 11.3 Å². The largest absolute Gasteiger partial charge is 0.497 e. The van der Waals surface area contributed by atoms with Crippen molar-refractivity contribution < 1.29 is 19.0 Å². The van der Waals surface area contributed by atoms with Gasteiger partial charge in [0.25, 0.3) is 0 Å². The summed E-state index contributed by atoms with van der Waals surface area (Å²) in [7, 11) is 1.59. The van der Waals surface area contributed by atoms with Crippen LogP contribution in [0.1, 0.15) is 15.9 Å². The van der Waals surface area contributed by atoms with Crippen LogP contribution >= 0.6 is 11.6 Å². The summed E-state index contributed by atoms with van der Waals surface area (Å²) in [6.45, 7) is 0.158. The molecule has 0 aliphatic carbocycles. The first-order chi connectivity index (χ1) is 14.6. The molecule has 0 atom stereocenters. The van der Waals surface area contributed by atoms with Crippen molar-refractivity contribution in [2.45, 2.75) is 6.61 Å². The standard InChI is InChI=1S/C23H17ClN2O4/c1-28-19-4-2-3-15(11-19)14-29-23(27)16-5-8-18(9-6-16)30-22-13-25-21-12-17(24)7-10-20(21)26-22/h2-13H,14H2,1H3. The second-order valence-electron chi connectivity index (χ2n) is 6.40. The van der Waals surface area contributed by atoms with Crippen molar-refractivity contribution in [1.82, 2.24) is 9.97 Å². The molecular formula is C23H17ClN2O4. The van der Waals surface area contributed by atoms with E-state index in [-0.39, 0.29) is 6.61 Å². The number of benzene rings is 3. The van der Waals surface area contributed by atoms with Crippen molar-refractivity contribution in [2.24, 2.45) is 0 Å². The first-order valence-corrected chi connectivity index (χ1v) is 9.49. The number of esters is 1. The monoisotopic (exact) mass is 420 g/mol. The number of nitrogens with zero attached hydrogens (tertiary/aromatic N) is 2. The molecule has 6 nitrogen and oxygen atoms in total. The van der Waals surface area contributed by atoms with E-state index in [1.807, 2.05) is 24.3 Å². The molecule has 0 saturated carbocycles. The van der Waals surface area contributed by atoms with E-state index in [2.05, 4.69) is 9.97 Å². The Bertz CT molecular complexity index is 1200. The molecule has 1 heterocycles. The van der Waals surface area contributed by atoms with Gasteiger partial charge in [0.1, 0.15) is 18.1 Å². The molecule has 0 N–H and O–H groups in total. The number of carbonyl (C=O) groups excluding carboxylic acids is 1. The lowest BCUT2D eigenvalue weighted by Crippen LogP contribution is -2.05. The highest BCUT2D eigenvalue weighted by atomic mass is 35.5. The summed E-state index contributed by atoms with van der Waals surface area (Å²) in [5, 5.41) is 0.597. The Kier molecular flexibility index (Phi) is 5.77. The predicted octanol–water partition coefficient (Wildman–Crippen LogP) is 5.44. The van der Waals surface area contributed by atoms with Crippen LogP contribution in [0, 0.1) is 0 Å². The fourth-order valence-corrected chi connectivity index (χ4v) is 2.96. The van der Waals surface area contributed by atoms with Crippen molar-refractivity contribution in [3.63, 3.8) is 0 Å². The number of methoxy groups -OCH3 is 1. The molecule has 0 fully saturated rings. The fraction of sp³-hybridized carbons (Fsp3) is 0.0870. The number of hydrogen-bond acceptors (Lipinski definition) is 6. The quantitative estimate of drug-likeness (QED) is 0.387. The van der Waals surface area contributed by atoms with Crippen LogP contribution in [0.25, 0.3) is 11.0 Å². The molecule has 1 aromatic heterocycles. The van der Waals surface area contributed by atoms with Gasteiger partial charge in [-0.3, -0.25) is 0 Å². The minimum Gasteiger partial charge on any atom is -0.497 e. The average Bonchev–Trinajstić information content (AvgIpc) is 2.78. The van der Waals surface area contributed by atoms with Gasteiger partial charge in [-0.05, 0) is 60.2 Å². The molecule has 0 aliphatic heterocycles. The van der Waals surface area contributed by atoms with Gasteiger partial charge in [-0.2, -0.15) is 0 Å². The van der Waals surface area contributed by atoms with E-state index in [1.54, 1.807) is 49.6 Å². The van der Waals surface area contributed by atoms with Gasteiger partial charge in [-0.1, -0.05) is 23.7 Å². The predicted molar refractivity (Wildman–Crippen MR) is 113 cm³/mol. The Labute approximate surface area is 178 Å². The topological polar surface area (TPSA) is 70.5 Å². The number of carbonyl (C=O) groups is 1. The lowest BCUT2D eigenvalue weighted by Gasteiger charge is -2.08. The van der Waals surface area contributed by atoms with Crippen LogP contribution in [0.5, 0.6) is 17.4 Å². The number of rotatable bonds is 6. The van der Waals surface area contributed by atoms with Gasteiger partial charge in [0.15, 0.2) is 0 Å². The van der Waals surface area contributed by atoms with Crippen LogP contribution in [0.2, 0.25) is 5.02 Å².